The molecule has 1 fully saturated rings. The first-order valence-corrected chi connectivity index (χ1v) is 5.64. The molecule has 0 bridgehead atoms. The van der Waals surface area contributed by atoms with Crippen molar-refractivity contribution in [3.63, 3.8) is 0 Å². The topological polar surface area (TPSA) is 53.4 Å². The second-order valence-electron chi connectivity index (χ2n) is 4.76. The summed E-state index contributed by atoms with van der Waals surface area (Å²) in [6.45, 7) is 1.59. The summed E-state index contributed by atoms with van der Waals surface area (Å²) in [6, 6.07) is 4.03. The molecule has 98 valence electrons. The van der Waals surface area contributed by atoms with Gasteiger partial charge in [0.15, 0.2) is 0 Å². The van der Waals surface area contributed by atoms with E-state index in [-0.39, 0.29) is 13.1 Å². The van der Waals surface area contributed by atoms with Crippen molar-refractivity contribution in [2.45, 2.75) is 24.9 Å². The summed E-state index contributed by atoms with van der Waals surface area (Å²) in [5.41, 5.74) is -1.66. The Balaban J connectivity index is 2.19. The van der Waals surface area contributed by atoms with Gasteiger partial charge in [0, 0.05) is 19.3 Å². The fourth-order valence-electron chi connectivity index (χ4n) is 1.98. The number of aromatic nitrogens is 1. The van der Waals surface area contributed by atoms with Crippen LogP contribution in [0.1, 0.15) is 19.0 Å². The highest BCUT2D eigenvalue weighted by molar-refractivity contribution is 5.84. The van der Waals surface area contributed by atoms with Crippen LogP contribution < -0.4 is 0 Å². The molecule has 6 heteroatoms. The predicted octanol–water partition coefficient (Wildman–Crippen LogP) is 1.16. The molecule has 1 N–H and O–H groups in total. The van der Waals surface area contributed by atoms with Crippen LogP contribution in [0.3, 0.4) is 0 Å². The zero-order valence-electron chi connectivity index (χ0n) is 9.94. The van der Waals surface area contributed by atoms with Gasteiger partial charge in [0.2, 0.25) is 0 Å². The molecule has 0 unspecified atom stereocenters. The van der Waals surface area contributed by atoms with Crippen molar-refractivity contribution in [3.05, 3.63) is 30.1 Å². The van der Waals surface area contributed by atoms with Crippen LogP contribution in [0.5, 0.6) is 0 Å². The molecule has 1 atom stereocenters. The zero-order chi connectivity index (χ0) is 13.4. The van der Waals surface area contributed by atoms with Gasteiger partial charge < -0.3 is 10.0 Å². The van der Waals surface area contributed by atoms with E-state index in [2.05, 4.69) is 4.98 Å². The molecule has 1 aliphatic rings. The number of pyridine rings is 1. The molecule has 1 aromatic heterocycles. The van der Waals surface area contributed by atoms with Crippen molar-refractivity contribution in [3.8, 4) is 0 Å². The Kier molecular flexibility index (Phi) is 3.06. The third-order valence-corrected chi connectivity index (χ3v) is 2.99. The smallest absolute Gasteiger partial charge is 0.366 e. The van der Waals surface area contributed by atoms with Crippen molar-refractivity contribution >= 4 is 5.91 Å². The molecule has 2 rings (SSSR count). The number of rotatable bonds is 2. The van der Waals surface area contributed by atoms with E-state index in [0.29, 0.717) is 6.42 Å². The predicted molar refractivity (Wildman–Crippen MR) is 60.0 cm³/mol. The summed E-state index contributed by atoms with van der Waals surface area (Å²) in [4.78, 5) is 16.3. The Morgan fingerprint density at radius 2 is 2.28 bits per heavy atom. The van der Waals surface area contributed by atoms with E-state index in [1.165, 1.54) is 25.3 Å². The van der Waals surface area contributed by atoms with Crippen molar-refractivity contribution in [1.82, 2.24) is 9.88 Å². The second-order valence-corrected chi connectivity index (χ2v) is 4.76. The van der Waals surface area contributed by atoms with Crippen molar-refractivity contribution in [1.29, 1.82) is 0 Å². The molecule has 18 heavy (non-hydrogen) atoms. The number of amides is 1. The molecule has 0 saturated carbocycles. The Labute approximate surface area is 103 Å². The molecule has 0 radical (unpaired) electrons. The van der Waals surface area contributed by atoms with E-state index in [1.807, 2.05) is 0 Å². The largest absolute Gasteiger partial charge is 0.388 e. The standard InChI is InChI=1S/C12H14F2N2O2/c1-11(18)5-7-16(8-11)10(17)12(13,14)9-4-2-3-6-15-9/h2-4,6,18H,5,7-8H2,1H3/t11-/m0/s1. The summed E-state index contributed by atoms with van der Waals surface area (Å²) < 4.78 is 27.8. The van der Waals surface area contributed by atoms with E-state index in [1.54, 1.807) is 0 Å². The first-order valence-electron chi connectivity index (χ1n) is 5.64. The van der Waals surface area contributed by atoms with Crippen LogP contribution in [-0.4, -0.2) is 39.6 Å². The summed E-state index contributed by atoms with van der Waals surface area (Å²) in [6.07, 6.45) is 1.52. The number of hydrogen-bond acceptors (Lipinski definition) is 3. The summed E-state index contributed by atoms with van der Waals surface area (Å²) >= 11 is 0. The maximum absolute atomic E-state index is 13.9. The first-order chi connectivity index (χ1) is 8.33. The lowest BCUT2D eigenvalue weighted by Crippen LogP contribution is -2.42. The van der Waals surface area contributed by atoms with Crippen LogP contribution in [0.2, 0.25) is 0 Å². The average Bonchev–Trinajstić information content (AvgIpc) is 2.69. The van der Waals surface area contributed by atoms with E-state index < -0.39 is 23.1 Å². The summed E-state index contributed by atoms with van der Waals surface area (Å²) in [5.74, 6) is -4.96. The zero-order valence-corrected chi connectivity index (χ0v) is 9.94. The van der Waals surface area contributed by atoms with Gasteiger partial charge in [-0.25, -0.2) is 0 Å². The number of likely N-dealkylation sites (tertiary alicyclic amines) is 1. The number of halogens is 2. The van der Waals surface area contributed by atoms with Gasteiger partial charge in [-0.1, -0.05) is 6.07 Å². The van der Waals surface area contributed by atoms with Crippen LogP contribution >= 0.6 is 0 Å². The van der Waals surface area contributed by atoms with Gasteiger partial charge in [-0.15, -0.1) is 0 Å². The van der Waals surface area contributed by atoms with Gasteiger partial charge in [-0.3, -0.25) is 9.78 Å². The quantitative estimate of drug-likeness (QED) is 0.863. The van der Waals surface area contributed by atoms with Gasteiger partial charge in [-0.05, 0) is 25.5 Å². The number of aliphatic hydroxyl groups is 1. The molecule has 0 aliphatic carbocycles. The van der Waals surface area contributed by atoms with Gasteiger partial charge in [0.25, 0.3) is 5.91 Å². The van der Waals surface area contributed by atoms with Gasteiger partial charge >= 0.3 is 5.92 Å². The Morgan fingerprint density at radius 1 is 1.56 bits per heavy atom. The minimum Gasteiger partial charge on any atom is -0.388 e. The second kappa shape index (κ2) is 4.28. The fraction of sp³-hybridized carbons (Fsp3) is 0.500. The third kappa shape index (κ3) is 2.33. The lowest BCUT2D eigenvalue weighted by Gasteiger charge is -2.23. The molecule has 0 spiro atoms. The lowest BCUT2D eigenvalue weighted by molar-refractivity contribution is -0.159. The highest BCUT2D eigenvalue weighted by Crippen LogP contribution is 2.31. The average molecular weight is 256 g/mol. The van der Waals surface area contributed by atoms with Crippen molar-refractivity contribution in [2.75, 3.05) is 13.1 Å². The Morgan fingerprint density at radius 3 is 2.78 bits per heavy atom. The molecule has 1 aliphatic heterocycles. The number of β-amino-alcohol motifs (C(OH)–C–C–N with tert-alkyl or cyclic N) is 1. The van der Waals surface area contributed by atoms with Gasteiger partial charge in [0.1, 0.15) is 5.69 Å². The number of alkyl halides is 2. The van der Waals surface area contributed by atoms with Crippen LogP contribution in [0.15, 0.2) is 24.4 Å². The minimum absolute atomic E-state index is 0.0751. The summed E-state index contributed by atoms with van der Waals surface area (Å²) in [7, 11) is 0. The van der Waals surface area contributed by atoms with Gasteiger partial charge in [0.05, 0.1) is 5.60 Å². The number of carbonyl (C=O) groups is 1. The highest BCUT2D eigenvalue weighted by atomic mass is 19.3. The van der Waals surface area contributed by atoms with Crippen LogP contribution in [0.4, 0.5) is 8.78 Å². The minimum atomic E-state index is -3.65. The Hall–Kier alpha value is -1.56. The summed E-state index contributed by atoms with van der Waals surface area (Å²) in [5, 5.41) is 9.70. The number of nitrogens with zero attached hydrogens (tertiary/aromatic N) is 2. The van der Waals surface area contributed by atoms with E-state index in [4.69, 9.17) is 0 Å². The first kappa shape index (κ1) is 12.9. The maximum atomic E-state index is 13.9. The van der Waals surface area contributed by atoms with E-state index in [0.717, 1.165) is 11.0 Å². The molecule has 4 nitrogen and oxygen atoms in total. The fourth-order valence-corrected chi connectivity index (χ4v) is 1.98. The Bertz CT molecular complexity index is 449. The molecule has 0 aromatic carbocycles. The molecule has 1 amide bonds. The van der Waals surface area contributed by atoms with Gasteiger partial charge in [-0.2, -0.15) is 8.78 Å². The SMILES string of the molecule is C[C@]1(O)CCN(C(=O)C(F)(F)c2ccccn2)C1. The third-order valence-electron chi connectivity index (χ3n) is 2.99. The lowest BCUT2D eigenvalue weighted by atomic mass is 10.1. The molecule has 1 saturated heterocycles. The normalized spacial score (nSPS) is 24.3. The molecular weight excluding hydrogens is 242 g/mol. The van der Waals surface area contributed by atoms with Crippen LogP contribution in [0, 0.1) is 0 Å². The monoisotopic (exact) mass is 256 g/mol. The van der Waals surface area contributed by atoms with Crippen LogP contribution in [-0.2, 0) is 10.7 Å². The highest BCUT2D eigenvalue weighted by Gasteiger charge is 2.48. The maximum Gasteiger partial charge on any atom is 0.366 e. The molecular formula is C12H14F2N2O2. The van der Waals surface area contributed by atoms with E-state index >= 15 is 0 Å². The van der Waals surface area contributed by atoms with E-state index in [9.17, 15) is 18.7 Å². The molecule has 1 aromatic rings. The van der Waals surface area contributed by atoms with Crippen LogP contribution in [0.25, 0.3) is 0 Å². The van der Waals surface area contributed by atoms with Crippen molar-refractivity contribution in [2.24, 2.45) is 0 Å². The molecule has 2 heterocycles. The van der Waals surface area contributed by atoms with Crippen molar-refractivity contribution < 1.29 is 18.7 Å². The number of hydrogen-bond donors (Lipinski definition) is 1. The number of carbonyl (C=O) groups excluding carboxylic acids is 1.